The Morgan fingerprint density at radius 2 is 1.86 bits per heavy atom. The number of pyridine rings is 1. The fraction of sp³-hybridized carbons (Fsp3) is 0.583. The lowest BCUT2D eigenvalue weighted by Gasteiger charge is -2.34. The molecular weight excluding hydrogens is 335 g/mol. The summed E-state index contributed by atoms with van der Waals surface area (Å²) in [5.74, 6) is 1.22. The monoisotopic (exact) mass is 352 g/mol. The molecule has 0 amide bonds. The average Bonchev–Trinajstić information content (AvgIpc) is 2.41. The van der Waals surface area contributed by atoms with Crippen molar-refractivity contribution < 1.29 is 8.42 Å². The minimum Gasteiger partial charge on any atom is -0.369 e. The van der Waals surface area contributed by atoms with Crippen LogP contribution in [0.15, 0.2) is 6.07 Å². The van der Waals surface area contributed by atoms with Crippen LogP contribution in [0.3, 0.4) is 0 Å². The van der Waals surface area contributed by atoms with Gasteiger partial charge in [0.25, 0.3) is 0 Å². The van der Waals surface area contributed by atoms with Gasteiger partial charge in [-0.15, -0.1) is 0 Å². The van der Waals surface area contributed by atoms with Gasteiger partial charge >= 0.3 is 0 Å². The third kappa shape index (κ3) is 3.91. The summed E-state index contributed by atoms with van der Waals surface area (Å²) in [6.45, 7) is 4.61. The molecule has 118 valence electrons. The standard InChI is InChI=1S/C12H18Cl2N4O2S/c1-3-15-11-9(13)8-10(14)12(16-11)17-4-6-18(7-5-17)21(2,19)20/h8H,3-7H2,1-2H3,(H,15,16). The van der Waals surface area contributed by atoms with Gasteiger partial charge in [0, 0.05) is 32.7 Å². The van der Waals surface area contributed by atoms with Crippen LogP contribution in [0.4, 0.5) is 11.6 Å². The van der Waals surface area contributed by atoms with Gasteiger partial charge in [-0.25, -0.2) is 13.4 Å². The van der Waals surface area contributed by atoms with Crippen molar-refractivity contribution >= 4 is 44.9 Å². The molecule has 0 atom stereocenters. The van der Waals surface area contributed by atoms with Crippen molar-refractivity contribution in [2.75, 3.05) is 49.2 Å². The predicted molar refractivity (Wildman–Crippen MR) is 87.1 cm³/mol. The summed E-state index contributed by atoms with van der Waals surface area (Å²) >= 11 is 12.3. The zero-order valence-electron chi connectivity index (χ0n) is 11.9. The van der Waals surface area contributed by atoms with Crippen molar-refractivity contribution in [2.24, 2.45) is 0 Å². The Labute approximate surface area is 135 Å². The highest BCUT2D eigenvalue weighted by Crippen LogP contribution is 2.32. The van der Waals surface area contributed by atoms with Crippen molar-refractivity contribution in [2.45, 2.75) is 6.92 Å². The second kappa shape index (κ2) is 6.56. The molecular formula is C12H18Cl2N4O2S. The van der Waals surface area contributed by atoms with E-state index in [1.807, 2.05) is 11.8 Å². The molecule has 1 N–H and O–H groups in total. The molecule has 0 spiro atoms. The van der Waals surface area contributed by atoms with E-state index in [0.29, 0.717) is 54.4 Å². The van der Waals surface area contributed by atoms with Crippen molar-refractivity contribution in [3.05, 3.63) is 16.1 Å². The van der Waals surface area contributed by atoms with Crippen LogP contribution in [0.25, 0.3) is 0 Å². The van der Waals surface area contributed by atoms with Crippen molar-refractivity contribution in [1.82, 2.24) is 9.29 Å². The fourth-order valence-corrected chi connectivity index (χ4v) is 3.57. The first-order valence-electron chi connectivity index (χ1n) is 6.63. The lowest BCUT2D eigenvalue weighted by atomic mass is 10.3. The second-order valence-electron chi connectivity index (χ2n) is 4.80. The van der Waals surface area contributed by atoms with Crippen LogP contribution in [-0.2, 0) is 10.0 Å². The normalized spacial score (nSPS) is 17.0. The Balaban J connectivity index is 2.18. The molecule has 2 rings (SSSR count). The van der Waals surface area contributed by atoms with Gasteiger partial charge in [0.05, 0.1) is 16.3 Å². The highest BCUT2D eigenvalue weighted by Gasteiger charge is 2.25. The van der Waals surface area contributed by atoms with Gasteiger partial charge in [0.15, 0.2) is 0 Å². The van der Waals surface area contributed by atoms with Crippen LogP contribution >= 0.6 is 23.2 Å². The number of sulfonamides is 1. The second-order valence-corrected chi connectivity index (χ2v) is 7.60. The molecule has 21 heavy (non-hydrogen) atoms. The highest BCUT2D eigenvalue weighted by atomic mass is 35.5. The summed E-state index contributed by atoms with van der Waals surface area (Å²) in [4.78, 5) is 6.43. The fourth-order valence-electron chi connectivity index (χ4n) is 2.20. The van der Waals surface area contributed by atoms with Crippen LogP contribution in [0.5, 0.6) is 0 Å². The van der Waals surface area contributed by atoms with Crippen LogP contribution in [0.1, 0.15) is 6.92 Å². The van der Waals surface area contributed by atoms with Crippen LogP contribution in [-0.4, -0.2) is 56.7 Å². The molecule has 2 heterocycles. The molecule has 1 fully saturated rings. The third-order valence-electron chi connectivity index (χ3n) is 3.26. The van der Waals surface area contributed by atoms with Gasteiger partial charge in [0.2, 0.25) is 10.0 Å². The molecule has 1 aromatic rings. The summed E-state index contributed by atoms with van der Waals surface area (Å²) in [5.41, 5.74) is 0. The average molecular weight is 353 g/mol. The first-order valence-corrected chi connectivity index (χ1v) is 9.23. The minimum atomic E-state index is -3.15. The predicted octanol–water partition coefficient (Wildman–Crippen LogP) is 1.90. The Hall–Kier alpha value is -0.760. The molecule has 0 aliphatic carbocycles. The lowest BCUT2D eigenvalue weighted by Crippen LogP contribution is -2.48. The number of anilines is 2. The third-order valence-corrected chi connectivity index (χ3v) is 5.13. The number of hydrogen-bond donors (Lipinski definition) is 1. The molecule has 9 heteroatoms. The molecule has 1 aromatic heterocycles. The summed E-state index contributed by atoms with van der Waals surface area (Å²) in [6, 6.07) is 1.66. The molecule has 0 bridgehead atoms. The molecule has 1 aliphatic heterocycles. The van der Waals surface area contributed by atoms with E-state index in [-0.39, 0.29) is 0 Å². The zero-order valence-corrected chi connectivity index (χ0v) is 14.3. The SMILES string of the molecule is CCNc1nc(N2CCN(S(C)(=O)=O)CC2)c(Cl)cc1Cl. The smallest absolute Gasteiger partial charge is 0.211 e. The first-order chi connectivity index (χ1) is 9.82. The van der Waals surface area contributed by atoms with E-state index in [9.17, 15) is 8.42 Å². The summed E-state index contributed by atoms with van der Waals surface area (Å²) in [5, 5.41) is 4.02. The Kier molecular flexibility index (Phi) is 5.19. The van der Waals surface area contributed by atoms with E-state index in [1.54, 1.807) is 6.07 Å². The van der Waals surface area contributed by atoms with Crippen molar-refractivity contribution in [3.8, 4) is 0 Å². The van der Waals surface area contributed by atoms with Crippen LogP contribution in [0, 0.1) is 0 Å². The maximum atomic E-state index is 11.5. The van der Waals surface area contributed by atoms with E-state index in [4.69, 9.17) is 23.2 Å². The van der Waals surface area contributed by atoms with Gasteiger partial charge in [-0.2, -0.15) is 4.31 Å². The maximum absolute atomic E-state index is 11.5. The molecule has 0 unspecified atom stereocenters. The Bertz CT molecular complexity index is 616. The van der Waals surface area contributed by atoms with Crippen LogP contribution < -0.4 is 10.2 Å². The molecule has 1 saturated heterocycles. The number of rotatable bonds is 4. The number of hydrogen-bond acceptors (Lipinski definition) is 5. The zero-order chi connectivity index (χ0) is 15.6. The van der Waals surface area contributed by atoms with Gasteiger partial charge in [-0.3, -0.25) is 0 Å². The molecule has 0 radical (unpaired) electrons. The number of aromatic nitrogens is 1. The number of nitrogens with zero attached hydrogens (tertiary/aromatic N) is 3. The minimum absolute atomic E-state index is 0.427. The number of nitrogens with one attached hydrogen (secondary N) is 1. The van der Waals surface area contributed by atoms with E-state index >= 15 is 0 Å². The molecule has 1 aliphatic rings. The summed E-state index contributed by atoms with van der Waals surface area (Å²) in [7, 11) is -3.15. The van der Waals surface area contributed by atoms with E-state index in [0.717, 1.165) is 0 Å². The van der Waals surface area contributed by atoms with Gasteiger partial charge < -0.3 is 10.2 Å². The maximum Gasteiger partial charge on any atom is 0.211 e. The number of piperazine rings is 1. The van der Waals surface area contributed by atoms with Gasteiger partial charge in [-0.05, 0) is 13.0 Å². The highest BCUT2D eigenvalue weighted by molar-refractivity contribution is 7.88. The van der Waals surface area contributed by atoms with Crippen LogP contribution in [0.2, 0.25) is 10.0 Å². The van der Waals surface area contributed by atoms with E-state index in [1.165, 1.54) is 10.6 Å². The lowest BCUT2D eigenvalue weighted by molar-refractivity contribution is 0.387. The molecule has 6 nitrogen and oxygen atoms in total. The Morgan fingerprint density at radius 1 is 1.24 bits per heavy atom. The summed E-state index contributed by atoms with van der Waals surface area (Å²) < 4.78 is 24.5. The van der Waals surface area contributed by atoms with Crippen molar-refractivity contribution in [3.63, 3.8) is 0 Å². The van der Waals surface area contributed by atoms with E-state index < -0.39 is 10.0 Å². The molecule has 0 aromatic carbocycles. The van der Waals surface area contributed by atoms with Crippen molar-refractivity contribution in [1.29, 1.82) is 0 Å². The first kappa shape index (κ1) is 16.6. The van der Waals surface area contributed by atoms with Gasteiger partial charge in [0.1, 0.15) is 11.6 Å². The van der Waals surface area contributed by atoms with E-state index in [2.05, 4.69) is 10.3 Å². The largest absolute Gasteiger partial charge is 0.369 e. The summed E-state index contributed by atoms with van der Waals surface area (Å²) in [6.07, 6.45) is 1.22. The number of halogens is 2. The quantitative estimate of drug-likeness (QED) is 0.896. The van der Waals surface area contributed by atoms with Gasteiger partial charge in [-0.1, -0.05) is 23.2 Å². The Morgan fingerprint density at radius 3 is 2.38 bits per heavy atom. The topological polar surface area (TPSA) is 65.5 Å². The molecule has 0 saturated carbocycles.